The molecule has 5 unspecified atom stereocenters. The standard InChI is InChI=1S/C21H38N4O7S2/c1-5-12(2)17(20(30)24-15(21(31)32)9-11-34-4)25-19(29)14(8-10-33-3)23-18(28)13(22)6-7-16(26)27/h12-15,17H,5-11,22H2,1-4H3,(H,23,28)(H,24,30)(H,25,29)(H,26,27)(H,31,32). The largest absolute Gasteiger partial charge is 0.481 e. The molecule has 0 spiro atoms. The Kier molecular flexibility index (Phi) is 16.4. The van der Waals surface area contributed by atoms with Crippen LogP contribution in [0.4, 0.5) is 0 Å². The molecule has 0 saturated heterocycles. The molecule has 5 atom stereocenters. The number of hydrogen-bond donors (Lipinski definition) is 6. The van der Waals surface area contributed by atoms with Crippen molar-refractivity contribution in [1.82, 2.24) is 16.0 Å². The van der Waals surface area contributed by atoms with Crippen LogP contribution in [0.1, 0.15) is 46.0 Å². The maximum atomic E-state index is 13.0. The van der Waals surface area contributed by atoms with Gasteiger partial charge in [0.2, 0.25) is 17.7 Å². The minimum atomic E-state index is -1.16. The van der Waals surface area contributed by atoms with Crippen LogP contribution in [0.5, 0.6) is 0 Å². The van der Waals surface area contributed by atoms with Crippen molar-refractivity contribution in [2.75, 3.05) is 24.0 Å². The lowest BCUT2D eigenvalue weighted by molar-refractivity contribution is -0.142. The molecule has 3 amide bonds. The van der Waals surface area contributed by atoms with Gasteiger partial charge in [0.05, 0.1) is 6.04 Å². The average Bonchev–Trinajstić information content (AvgIpc) is 2.79. The number of thioether (sulfide) groups is 2. The number of aliphatic carboxylic acids is 2. The smallest absolute Gasteiger partial charge is 0.326 e. The van der Waals surface area contributed by atoms with E-state index in [1.165, 1.54) is 23.5 Å². The van der Waals surface area contributed by atoms with Gasteiger partial charge in [-0.2, -0.15) is 23.5 Å². The van der Waals surface area contributed by atoms with E-state index >= 15 is 0 Å². The molecule has 0 radical (unpaired) electrons. The molecular formula is C21H38N4O7S2. The molecular weight excluding hydrogens is 484 g/mol. The average molecular weight is 523 g/mol. The third-order valence-electron chi connectivity index (χ3n) is 5.27. The first-order chi connectivity index (χ1) is 16.0. The number of amides is 3. The van der Waals surface area contributed by atoms with Crippen LogP contribution in [0.3, 0.4) is 0 Å². The molecule has 0 saturated carbocycles. The van der Waals surface area contributed by atoms with E-state index in [-0.39, 0.29) is 31.6 Å². The van der Waals surface area contributed by atoms with Crippen LogP contribution in [0.15, 0.2) is 0 Å². The van der Waals surface area contributed by atoms with Gasteiger partial charge in [0.1, 0.15) is 18.1 Å². The molecule has 0 aliphatic rings. The highest BCUT2D eigenvalue weighted by Crippen LogP contribution is 2.11. The van der Waals surface area contributed by atoms with Crippen molar-refractivity contribution in [2.24, 2.45) is 11.7 Å². The molecule has 0 bridgehead atoms. The summed E-state index contributed by atoms with van der Waals surface area (Å²) in [7, 11) is 0. The molecule has 0 aliphatic carbocycles. The first-order valence-corrected chi connectivity index (χ1v) is 13.9. The van der Waals surface area contributed by atoms with E-state index in [1.54, 1.807) is 6.92 Å². The summed E-state index contributed by atoms with van der Waals surface area (Å²) in [5, 5.41) is 25.9. The Morgan fingerprint density at radius 2 is 1.35 bits per heavy atom. The Bertz CT molecular complexity index is 696. The minimum absolute atomic E-state index is 0.0808. The summed E-state index contributed by atoms with van der Waals surface area (Å²) < 4.78 is 0. The van der Waals surface area contributed by atoms with Gasteiger partial charge in [-0.25, -0.2) is 4.79 Å². The SMILES string of the molecule is CCC(C)C(NC(=O)C(CCSC)NC(=O)C(N)CCC(=O)O)C(=O)NC(CCSC)C(=O)O. The van der Waals surface area contributed by atoms with Crippen molar-refractivity contribution < 1.29 is 34.2 Å². The Hall–Kier alpha value is -1.99. The molecule has 34 heavy (non-hydrogen) atoms. The summed E-state index contributed by atoms with van der Waals surface area (Å²) in [6, 6.07) is -4.16. The van der Waals surface area contributed by atoms with Crippen molar-refractivity contribution in [3.8, 4) is 0 Å². The van der Waals surface area contributed by atoms with Gasteiger partial charge >= 0.3 is 11.9 Å². The van der Waals surface area contributed by atoms with Gasteiger partial charge in [-0.1, -0.05) is 20.3 Å². The van der Waals surface area contributed by atoms with Gasteiger partial charge in [-0.3, -0.25) is 19.2 Å². The van der Waals surface area contributed by atoms with Crippen molar-refractivity contribution >= 4 is 53.2 Å². The maximum absolute atomic E-state index is 13.0. The van der Waals surface area contributed by atoms with Gasteiger partial charge in [-0.15, -0.1) is 0 Å². The van der Waals surface area contributed by atoms with Gasteiger partial charge in [0, 0.05) is 6.42 Å². The monoisotopic (exact) mass is 522 g/mol. The van der Waals surface area contributed by atoms with E-state index in [2.05, 4.69) is 16.0 Å². The van der Waals surface area contributed by atoms with E-state index < -0.39 is 53.8 Å². The van der Waals surface area contributed by atoms with Crippen molar-refractivity contribution in [1.29, 1.82) is 0 Å². The second kappa shape index (κ2) is 17.4. The fourth-order valence-corrected chi connectivity index (χ4v) is 3.85. The molecule has 0 heterocycles. The fraction of sp³-hybridized carbons (Fsp3) is 0.762. The molecule has 7 N–H and O–H groups in total. The number of nitrogens with one attached hydrogen (secondary N) is 3. The molecule has 196 valence electrons. The topological polar surface area (TPSA) is 188 Å². The summed E-state index contributed by atoms with van der Waals surface area (Å²) in [6.07, 6.45) is 4.36. The van der Waals surface area contributed by atoms with Crippen LogP contribution < -0.4 is 21.7 Å². The second-order valence-corrected chi connectivity index (χ2v) is 9.91. The highest BCUT2D eigenvalue weighted by molar-refractivity contribution is 7.98. The van der Waals surface area contributed by atoms with Crippen LogP contribution in [-0.2, 0) is 24.0 Å². The molecule has 0 aromatic heterocycles. The fourth-order valence-electron chi connectivity index (χ4n) is 2.90. The van der Waals surface area contributed by atoms with Gasteiger partial charge in [-0.05, 0) is 49.2 Å². The molecule has 11 nitrogen and oxygen atoms in total. The van der Waals surface area contributed by atoms with Crippen molar-refractivity contribution in [3.63, 3.8) is 0 Å². The lowest BCUT2D eigenvalue weighted by Gasteiger charge is -2.28. The quantitative estimate of drug-likeness (QED) is 0.146. The number of rotatable bonds is 18. The first kappa shape index (κ1) is 32.0. The third-order valence-corrected chi connectivity index (χ3v) is 6.56. The van der Waals surface area contributed by atoms with E-state index in [0.717, 1.165) is 0 Å². The van der Waals surface area contributed by atoms with Crippen LogP contribution in [0, 0.1) is 5.92 Å². The van der Waals surface area contributed by atoms with Crippen LogP contribution in [0.2, 0.25) is 0 Å². The Balaban J connectivity index is 5.44. The zero-order chi connectivity index (χ0) is 26.3. The molecule has 0 aromatic carbocycles. The van der Waals surface area contributed by atoms with Crippen molar-refractivity contribution in [2.45, 2.75) is 70.1 Å². The Labute approximate surface area is 209 Å². The van der Waals surface area contributed by atoms with Gasteiger partial charge < -0.3 is 31.9 Å². The van der Waals surface area contributed by atoms with Gasteiger partial charge in [0.25, 0.3) is 0 Å². The predicted octanol–water partition coefficient (Wildman–Crippen LogP) is 0.270. The summed E-state index contributed by atoms with van der Waals surface area (Å²) in [5.41, 5.74) is 5.75. The van der Waals surface area contributed by atoms with Crippen LogP contribution >= 0.6 is 23.5 Å². The second-order valence-electron chi connectivity index (χ2n) is 7.93. The predicted molar refractivity (Wildman–Crippen MR) is 134 cm³/mol. The Morgan fingerprint density at radius 1 is 0.824 bits per heavy atom. The van der Waals surface area contributed by atoms with E-state index in [1.807, 2.05) is 19.4 Å². The van der Waals surface area contributed by atoms with E-state index in [9.17, 15) is 29.1 Å². The molecule has 0 aromatic rings. The third kappa shape index (κ3) is 12.5. The van der Waals surface area contributed by atoms with E-state index in [4.69, 9.17) is 10.8 Å². The van der Waals surface area contributed by atoms with Crippen LogP contribution in [0.25, 0.3) is 0 Å². The Morgan fingerprint density at radius 3 is 1.82 bits per heavy atom. The summed E-state index contributed by atoms with van der Waals surface area (Å²) in [4.78, 5) is 60.6. The first-order valence-electron chi connectivity index (χ1n) is 11.1. The number of carboxylic acids is 2. The number of hydrogen-bond acceptors (Lipinski definition) is 8. The lowest BCUT2D eigenvalue weighted by Crippen LogP contribution is -2.58. The maximum Gasteiger partial charge on any atom is 0.326 e. The number of nitrogens with two attached hydrogens (primary N) is 1. The number of carboxylic acid groups (broad SMARTS) is 2. The summed E-state index contributed by atoms with van der Waals surface area (Å²) in [6.45, 7) is 3.60. The zero-order valence-electron chi connectivity index (χ0n) is 20.2. The minimum Gasteiger partial charge on any atom is -0.481 e. The normalized spacial score (nSPS) is 15.3. The molecule has 0 aliphatic heterocycles. The van der Waals surface area contributed by atoms with Gasteiger partial charge in [0.15, 0.2) is 0 Å². The highest BCUT2D eigenvalue weighted by Gasteiger charge is 2.32. The molecule has 0 fully saturated rings. The zero-order valence-corrected chi connectivity index (χ0v) is 21.8. The van der Waals surface area contributed by atoms with E-state index in [0.29, 0.717) is 17.9 Å². The van der Waals surface area contributed by atoms with Crippen LogP contribution in [-0.4, -0.2) is 88.1 Å². The van der Waals surface area contributed by atoms with Crippen molar-refractivity contribution in [3.05, 3.63) is 0 Å². The lowest BCUT2D eigenvalue weighted by atomic mass is 9.97. The summed E-state index contributed by atoms with van der Waals surface area (Å²) >= 11 is 2.92. The highest BCUT2D eigenvalue weighted by atomic mass is 32.2. The summed E-state index contributed by atoms with van der Waals surface area (Å²) in [5.74, 6) is -3.31. The molecule has 0 rings (SSSR count). The molecule has 13 heteroatoms. The number of carbonyl (C=O) groups excluding carboxylic acids is 3. The number of carbonyl (C=O) groups is 5.